The molecule has 2 N–H and O–H groups in total. The van der Waals surface area contributed by atoms with E-state index in [4.69, 9.17) is 26.3 Å². The molecule has 0 aliphatic heterocycles. The van der Waals surface area contributed by atoms with Crippen LogP contribution < -0.4 is 4.74 Å². The van der Waals surface area contributed by atoms with Crippen molar-refractivity contribution in [2.45, 2.75) is 12.4 Å². The van der Waals surface area contributed by atoms with E-state index < -0.39 is 23.5 Å². The van der Waals surface area contributed by atoms with Gasteiger partial charge in [0.1, 0.15) is 0 Å². The van der Waals surface area contributed by atoms with Gasteiger partial charge in [0, 0.05) is 0 Å². The van der Waals surface area contributed by atoms with Crippen molar-refractivity contribution in [3.8, 4) is 17.0 Å². The molecule has 0 atom stereocenters. The van der Waals surface area contributed by atoms with Crippen LogP contribution in [0.2, 0.25) is 0 Å². The molecule has 4 nitrogen and oxygen atoms in total. The Morgan fingerprint density at radius 3 is 2.12 bits per heavy atom. The van der Waals surface area contributed by atoms with E-state index in [0.717, 1.165) is 6.20 Å². The summed E-state index contributed by atoms with van der Waals surface area (Å²) in [6.07, 6.45) is -6.37. The van der Waals surface area contributed by atoms with E-state index in [1.165, 1.54) is 29.1 Å². The van der Waals surface area contributed by atoms with Crippen LogP contribution in [0.25, 0.3) is 22.5 Å². The number of nitrogens with zero attached hydrogens (tertiary/aromatic N) is 2. The van der Waals surface area contributed by atoms with Gasteiger partial charge in [0.25, 0.3) is 0 Å². The van der Waals surface area contributed by atoms with Crippen LogP contribution in [0.1, 0.15) is 16.7 Å². The molecule has 0 aliphatic carbocycles. The Kier molecular flexibility index (Phi) is 8.28. The second kappa shape index (κ2) is 10.4. The second-order valence-corrected chi connectivity index (χ2v) is 6.99. The minimum atomic E-state index is -4.99. The Hall–Kier alpha value is -3.17. The second-order valence-electron chi connectivity index (χ2n) is 6.70. The summed E-state index contributed by atoms with van der Waals surface area (Å²) in [7, 11) is 1.44. The number of hydrogen-bond acceptors (Lipinski definition) is 2. The number of methoxy groups -OCH3 is 1. The molecule has 0 radical (unpaired) electrons. The van der Waals surface area contributed by atoms with Gasteiger partial charge in [-0.05, 0) is 0 Å². The summed E-state index contributed by atoms with van der Waals surface area (Å²) in [6, 6.07) is 8.10. The van der Waals surface area contributed by atoms with Crippen molar-refractivity contribution in [2.24, 2.45) is 0 Å². The molecule has 3 rings (SSSR count). The van der Waals surface area contributed by atoms with Crippen molar-refractivity contribution in [1.29, 1.82) is 0 Å². The van der Waals surface area contributed by atoms with E-state index in [-0.39, 0.29) is 28.5 Å². The Bertz CT molecular complexity index is 1200. The number of imidazole rings is 1. The Labute approximate surface area is 198 Å². The Balaban J connectivity index is 0.00000408. The molecule has 184 valence electrons. The molecule has 0 amide bonds. The molecular formula is C23H17F6N2NiO2-. The number of alkyl halides is 6. The van der Waals surface area contributed by atoms with E-state index in [2.05, 4.69) is 4.98 Å². The Morgan fingerprint density at radius 1 is 1.03 bits per heavy atom. The molecule has 0 saturated carbocycles. The molecule has 1 aromatic heterocycles. The Morgan fingerprint density at radius 2 is 1.62 bits per heavy atom. The fraction of sp³-hybridized carbons (Fsp3) is 0.130. The average Bonchev–Trinajstić information content (AvgIpc) is 3.25. The maximum absolute atomic E-state index is 13.3. The van der Waals surface area contributed by atoms with Gasteiger partial charge >= 0.3 is 193 Å². The van der Waals surface area contributed by atoms with Gasteiger partial charge in [0.15, 0.2) is 0 Å². The van der Waals surface area contributed by atoms with E-state index in [1.54, 1.807) is 24.3 Å². The van der Waals surface area contributed by atoms with Gasteiger partial charge < -0.3 is 5.48 Å². The number of allylic oxidation sites excluding steroid dienone is 3. The summed E-state index contributed by atoms with van der Waals surface area (Å²) in [5.41, 5.74) is -2.17. The number of benzene rings is 2. The molecule has 3 aromatic rings. The molecule has 0 unspecified atom stereocenters. The van der Waals surface area contributed by atoms with E-state index >= 15 is 0 Å². The standard InChI is InChI=1S/C23H15F6N2O.Ni.H2O/c1-4-18(19-7-5-6-8-21(19)32-3)14(2)31-13-30-12-20(31)15-9-16(22(24,25)26)11-17(10-15)23(27,28)29;;/h1-2,4-13H,3H3;;1H2/q-1;;/b18-14-;;. The van der Waals surface area contributed by atoms with Crippen LogP contribution in [-0.4, -0.2) is 27.1 Å². The zero-order chi connectivity index (χ0) is 24.4. The van der Waals surface area contributed by atoms with Crippen molar-refractivity contribution in [3.05, 3.63) is 84.3 Å². The fourth-order valence-electron chi connectivity index (χ4n) is 3.21. The summed E-state index contributed by atoms with van der Waals surface area (Å²) in [5.74, 6) is 0.439. The van der Waals surface area contributed by atoms with Crippen LogP contribution in [0.4, 0.5) is 26.3 Å². The van der Waals surface area contributed by atoms with Gasteiger partial charge in [-0.25, -0.2) is 0 Å². The predicted octanol–water partition coefficient (Wildman–Crippen LogP) is 5.48. The minimum absolute atomic E-state index is 0. The first-order chi connectivity index (χ1) is 15.5. The SMILES string of the molecule is O.[CH-]=C/C(=C(\[CH]=[Ni])n1cncc1-c1cc(C(F)(F)F)cc(C(F)(F)F)c1)c1ccccc1OC. The van der Waals surface area contributed by atoms with E-state index in [9.17, 15) is 26.3 Å². The molecule has 0 saturated heterocycles. The third kappa shape index (κ3) is 5.48. The van der Waals surface area contributed by atoms with Gasteiger partial charge in [-0.1, -0.05) is 0 Å². The first-order valence-corrected chi connectivity index (χ1v) is 9.73. The third-order valence-corrected chi connectivity index (χ3v) is 4.98. The maximum atomic E-state index is 13.3. The molecule has 0 spiro atoms. The summed E-state index contributed by atoms with van der Waals surface area (Å²) in [4.78, 5) is 5.17. The number of aromatic nitrogens is 2. The summed E-state index contributed by atoms with van der Waals surface area (Å²) < 4.78 is 86.6. The van der Waals surface area contributed by atoms with Gasteiger partial charge in [-0.2, -0.15) is 0 Å². The first kappa shape index (κ1) is 27.1. The molecule has 1 heterocycles. The summed E-state index contributed by atoms with van der Waals surface area (Å²) >= 11 is 4.77. The molecule has 11 heteroatoms. The number of halogens is 6. The third-order valence-electron chi connectivity index (χ3n) is 4.71. The molecule has 0 aliphatic rings. The average molecular weight is 526 g/mol. The molecule has 0 bridgehead atoms. The topological polar surface area (TPSA) is 58.5 Å². The van der Waals surface area contributed by atoms with Gasteiger partial charge in [0.05, 0.1) is 0 Å². The monoisotopic (exact) mass is 525 g/mol. The van der Waals surface area contributed by atoms with Crippen LogP contribution in [0.15, 0.2) is 61.1 Å². The van der Waals surface area contributed by atoms with Crippen LogP contribution in [-0.2, 0) is 27.4 Å². The van der Waals surface area contributed by atoms with Crippen LogP contribution in [0.3, 0.4) is 0 Å². The number of hydrogen-bond donors (Lipinski definition) is 0. The van der Waals surface area contributed by atoms with E-state index in [1.807, 2.05) is 0 Å². The van der Waals surface area contributed by atoms with Crippen molar-refractivity contribution in [3.63, 3.8) is 0 Å². The molecule has 34 heavy (non-hydrogen) atoms. The van der Waals surface area contributed by atoms with Crippen LogP contribution in [0, 0.1) is 6.58 Å². The van der Waals surface area contributed by atoms with Crippen LogP contribution >= 0.6 is 0 Å². The zero-order valence-corrected chi connectivity index (χ0v) is 18.3. The van der Waals surface area contributed by atoms with E-state index in [0.29, 0.717) is 29.0 Å². The normalized spacial score (nSPS) is 12.5. The number of para-hydroxylation sites is 1. The van der Waals surface area contributed by atoms with Crippen molar-refractivity contribution >= 4 is 16.3 Å². The number of rotatable bonds is 6. The van der Waals surface area contributed by atoms with Gasteiger partial charge in [-0.3, -0.25) is 0 Å². The summed E-state index contributed by atoms with van der Waals surface area (Å²) in [5, 5.41) is 0. The molecule has 2 aromatic carbocycles. The van der Waals surface area contributed by atoms with Crippen molar-refractivity contribution in [2.75, 3.05) is 7.11 Å². The quantitative estimate of drug-likeness (QED) is 0.185. The van der Waals surface area contributed by atoms with Crippen molar-refractivity contribution < 1.29 is 51.6 Å². The first-order valence-electron chi connectivity index (χ1n) is 9.16. The molecular weight excluding hydrogens is 509 g/mol. The van der Waals surface area contributed by atoms with Crippen molar-refractivity contribution in [1.82, 2.24) is 9.55 Å². The van der Waals surface area contributed by atoms with Gasteiger partial charge in [-0.15, -0.1) is 0 Å². The molecule has 0 fully saturated rings. The van der Waals surface area contributed by atoms with Crippen LogP contribution in [0.5, 0.6) is 5.75 Å². The number of ether oxygens (including phenoxy) is 1. The summed E-state index contributed by atoms with van der Waals surface area (Å²) in [6.45, 7) is 5.83. The fourth-order valence-corrected chi connectivity index (χ4v) is 3.50. The zero-order valence-electron chi connectivity index (χ0n) is 17.3. The predicted molar refractivity (Wildman–Crippen MR) is 112 cm³/mol. The van der Waals surface area contributed by atoms with Gasteiger partial charge in [0.2, 0.25) is 0 Å².